The molecule has 0 radical (unpaired) electrons. The highest BCUT2D eigenvalue weighted by molar-refractivity contribution is 6.01. The van der Waals surface area contributed by atoms with Crippen LogP contribution >= 0.6 is 0 Å². The lowest BCUT2D eigenvalue weighted by Gasteiger charge is -2.30. The Kier molecular flexibility index (Phi) is 5.70. The van der Waals surface area contributed by atoms with Crippen LogP contribution in [-0.2, 0) is 17.9 Å². The van der Waals surface area contributed by atoms with Crippen LogP contribution in [0.25, 0.3) is 0 Å². The van der Waals surface area contributed by atoms with E-state index >= 15 is 0 Å². The Balaban J connectivity index is 1.24. The third-order valence-electron chi connectivity index (χ3n) is 6.76. The smallest absolute Gasteiger partial charge is 0.255 e. The lowest BCUT2D eigenvalue weighted by molar-refractivity contribution is -0.126. The number of nitrogens with zero attached hydrogens (tertiary/aromatic N) is 1. The van der Waals surface area contributed by atoms with E-state index in [2.05, 4.69) is 41.5 Å². The predicted octanol–water partition coefficient (Wildman–Crippen LogP) is 3.52. The molecule has 6 nitrogen and oxygen atoms in total. The van der Waals surface area contributed by atoms with Crippen molar-refractivity contribution < 1.29 is 14.3 Å². The van der Waals surface area contributed by atoms with Gasteiger partial charge in [-0.2, -0.15) is 0 Å². The fourth-order valence-electron chi connectivity index (χ4n) is 5.02. The first kappa shape index (κ1) is 20.8. The molecule has 0 aromatic heterocycles. The molecule has 2 N–H and O–H groups in total. The lowest BCUT2D eigenvalue weighted by atomic mass is 10.0. The van der Waals surface area contributed by atoms with Crippen molar-refractivity contribution in [1.82, 2.24) is 15.5 Å². The number of carbonyl (C=O) groups excluding carboxylic acids is 2. The van der Waals surface area contributed by atoms with Gasteiger partial charge in [-0.15, -0.1) is 0 Å². The number of piperidine rings is 1. The monoisotopic (exact) mass is 431 g/mol. The molecule has 2 heterocycles. The molecule has 32 heavy (non-hydrogen) atoms. The van der Waals surface area contributed by atoms with Gasteiger partial charge in [0.15, 0.2) is 0 Å². The standard InChI is InChI=1S/C26H29N3O3/c1-17-10-13-23(25(30)28-17)29-16-19-14-20(11-12-21(19)26(29)31)32-24-9-5-8-22(24)27-15-18-6-3-2-4-7-18/h2-4,6-7,11-12,14,22-24,27H,1,5,8-10,13,15-16H2,(H,28,30)/t22-,23?,24-/m0/s1. The van der Waals surface area contributed by atoms with Gasteiger partial charge in [-0.3, -0.25) is 9.59 Å². The number of nitrogens with one attached hydrogen (secondary N) is 2. The van der Waals surface area contributed by atoms with Crippen LogP contribution in [0.2, 0.25) is 0 Å². The SMILES string of the molecule is C=C1CCC(N2Cc3cc(O[C@H]4CCC[C@@H]4NCc4ccccc4)ccc3C2=O)C(=O)N1. The zero-order valence-corrected chi connectivity index (χ0v) is 18.2. The molecule has 1 saturated heterocycles. The van der Waals surface area contributed by atoms with Gasteiger partial charge < -0.3 is 20.3 Å². The van der Waals surface area contributed by atoms with E-state index in [4.69, 9.17) is 4.74 Å². The fourth-order valence-corrected chi connectivity index (χ4v) is 5.02. The summed E-state index contributed by atoms with van der Waals surface area (Å²) in [6, 6.07) is 16.0. The molecule has 2 aromatic rings. The van der Waals surface area contributed by atoms with Crippen LogP contribution in [-0.4, -0.2) is 34.9 Å². The van der Waals surface area contributed by atoms with Crippen molar-refractivity contribution in [2.45, 2.75) is 63.4 Å². The zero-order chi connectivity index (χ0) is 22.1. The molecule has 6 heteroatoms. The highest BCUT2D eigenvalue weighted by Crippen LogP contribution is 2.32. The van der Waals surface area contributed by atoms with Crippen LogP contribution in [0.3, 0.4) is 0 Å². The van der Waals surface area contributed by atoms with Crippen molar-refractivity contribution in [3.8, 4) is 5.75 Å². The highest BCUT2D eigenvalue weighted by atomic mass is 16.5. The number of hydrogen-bond donors (Lipinski definition) is 2. The van der Waals surface area contributed by atoms with Gasteiger partial charge >= 0.3 is 0 Å². The van der Waals surface area contributed by atoms with E-state index in [0.29, 0.717) is 31.0 Å². The summed E-state index contributed by atoms with van der Waals surface area (Å²) < 4.78 is 6.37. The van der Waals surface area contributed by atoms with Gasteiger partial charge in [0, 0.05) is 30.4 Å². The van der Waals surface area contributed by atoms with Crippen LogP contribution in [0.5, 0.6) is 5.75 Å². The van der Waals surface area contributed by atoms with E-state index in [0.717, 1.165) is 42.8 Å². The van der Waals surface area contributed by atoms with Gasteiger partial charge in [-0.25, -0.2) is 0 Å². The topological polar surface area (TPSA) is 70.7 Å². The highest BCUT2D eigenvalue weighted by Gasteiger charge is 2.38. The third kappa shape index (κ3) is 4.15. The quantitative estimate of drug-likeness (QED) is 0.734. The summed E-state index contributed by atoms with van der Waals surface area (Å²) >= 11 is 0. The van der Waals surface area contributed by atoms with Gasteiger partial charge in [-0.1, -0.05) is 36.9 Å². The van der Waals surface area contributed by atoms with E-state index in [-0.39, 0.29) is 17.9 Å². The Labute approximate surface area is 188 Å². The molecule has 1 saturated carbocycles. The second-order valence-electron chi connectivity index (χ2n) is 8.96. The molecule has 2 aromatic carbocycles. The second-order valence-corrected chi connectivity index (χ2v) is 8.96. The molecule has 0 spiro atoms. The molecule has 1 unspecified atom stereocenters. The van der Waals surface area contributed by atoms with Crippen molar-refractivity contribution in [2.75, 3.05) is 0 Å². The largest absolute Gasteiger partial charge is 0.489 e. The number of benzene rings is 2. The Morgan fingerprint density at radius 1 is 1.09 bits per heavy atom. The van der Waals surface area contributed by atoms with Crippen molar-refractivity contribution in [3.63, 3.8) is 0 Å². The summed E-state index contributed by atoms with van der Waals surface area (Å²) in [5.74, 6) is 0.568. The van der Waals surface area contributed by atoms with Crippen LogP contribution in [0.15, 0.2) is 60.8 Å². The number of carbonyl (C=O) groups is 2. The Morgan fingerprint density at radius 3 is 2.75 bits per heavy atom. The minimum absolute atomic E-state index is 0.0810. The number of ether oxygens (including phenoxy) is 1. The number of rotatable bonds is 6. The summed E-state index contributed by atoms with van der Waals surface area (Å²) in [6.45, 7) is 5.09. The van der Waals surface area contributed by atoms with E-state index in [1.165, 1.54) is 5.56 Å². The summed E-state index contributed by atoms with van der Waals surface area (Å²) in [4.78, 5) is 27.0. The van der Waals surface area contributed by atoms with E-state index < -0.39 is 6.04 Å². The van der Waals surface area contributed by atoms with Crippen LogP contribution in [0, 0.1) is 0 Å². The first-order valence-corrected chi connectivity index (χ1v) is 11.4. The van der Waals surface area contributed by atoms with Crippen LogP contribution in [0.4, 0.5) is 0 Å². The normalized spacial score (nSPS) is 25.1. The van der Waals surface area contributed by atoms with E-state index in [9.17, 15) is 9.59 Å². The Hall–Kier alpha value is -3.12. The molecule has 166 valence electrons. The number of allylic oxidation sites excluding steroid dienone is 1. The number of amides is 2. The molecule has 2 amide bonds. The van der Waals surface area contributed by atoms with E-state index in [1.54, 1.807) is 4.90 Å². The maximum Gasteiger partial charge on any atom is 0.255 e. The maximum atomic E-state index is 12.9. The minimum atomic E-state index is -0.439. The van der Waals surface area contributed by atoms with Crippen molar-refractivity contribution in [1.29, 1.82) is 0 Å². The average Bonchev–Trinajstić information content (AvgIpc) is 3.37. The summed E-state index contributed by atoms with van der Waals surface area (Å²) in [7, 11) is 0. The van der Waals surface area contributed by atoms with Crippen molar-refractivity contribution in [3.05, 3.63) is 77.5 Å². The second kappa shape index (κ2) is 8.79. The van der Waals surface area contributed by atoms with Crippen LogP contribution in [0.1, 0.15) is 53.6 Å². The van der Waals surface area contributed by atoms with Gasteiger partial charge in [0.25, 0.3) is 5.91 Å². The van der Waals surface area contributed by atoms with Gasteiger partial charge in [0.1, 0.15) is 17.9 Å². The maximum absolute atomic E-state index is 12.9. The minimum Gasteiger partial charge on any atom is -0.489 e. The van der Waals surface area contributed by atoms with Crippen LogP contribution < -0.4 is 15.4 Å². The lowest BCUT2D eigenvalue weighted by Crippen LogP contribution is -2.49. The summed E-state index contributed by atoms with van der Waals surface area (Å²) in [5, 5.41) is 6.43. The first-order valence-electron chi connectivity index (χ1n) is 11.4. The fraction of sp³-hybridized carbons (Fsp3) is 0.385. The predicted molar refractivity (Wildman–Crippen MR) is 122 cm³/mol. The molecular formula is C26H29N3O3. The molecule has 0 bridgehead atoms. The summed E-state index contributed by atoms with van der Waals surface area (Å²) in [5.41, 5.74) is 3.58. The molecule has 3 atom stereocenters. The van der Waals surface area contributed by atoms with Gasteiger partial charge in [0.05, 0.1) is 0 Å². The molecule has 2 fully saturated rings. The Morgan fingerprint density at radius 2 is 1.94 bits per heavy atom. The molecule has 5 rings (SSSR count). The van der Waals surface area contributed by atoms with Gasteiger partial charge in [-0.05, 0) is 61.4 Å². The van der Waals surface area contributed by atoms with Gasteiger partial charge in [0.2, 0.25) is 5.91 Å². The van der Waals surface area contributed by atoms with E-state index in [1.807, 2.05) is 24.3 Å². The third-order valence-corrected chi connectivity index (χ3v) is 6.76. The first-order chi connectivity index (χ1) is 15.6. The molecule has 2 aliphatic heterocycles. The van der Waals surface area contributed by atoms with Crippen molar-refractivity contribution in [2.24, 2.45) is 0 Å². The average molecular weight is 432 g/mol. The number of hydrogen-bond acceptors (Lipinski definition) is 4. The summed E-state index contributed by atoms with van der Waals surface area (Å²) in [6.07, 6.45) is 4.67. The Bertz CT molecular complexity index is 1040. The molecule has 1 aliphatic carbocycles. The molecular weight excluding hydrogens is 402 g/mol. The molecule has 3 aliphatic rings. The zero-order valence-electron chi connectivity index (χ0n) is 18.2. The number of fused-ring (bicyclic) bond motifs is 1. The van der Waals surface area contributed by atoms with Crippen molar-refractivity contribution >= 4 is 11.8 Å².